The monoisotopic (exact) mass is 370 g/mol. The molecule has 2 N–H and O–H groups in total. The summed E-state index contributed by atoms with van der Waals surface area (Å²) in [5.74, 6) is 0.580. The predicted octanol–water partition coefficient (Wildman–Crippen LogP) is 1.62. The molecule has 2 saturated heterocycles. The zero-order valence-corrected chi connectivity index (χ0v) is 15.4. The van der Waals surface area contributed by atoms with Crippen molar-refractivity contribution < 1.29 is 18.8 Å². The van der Waals surface area contributed by atoms with Gasteiger partial charge in [-0.1, -0.05) is 18.2 Å². The van der Waals surface area contributed by atoms with E-state index in [1.807, 2.05) is 31.2 Å². The van der Waals surface area contributed by atoms with Gasteiger partial charge in [0.05, 0.1) is 6.54 Å². The Bertz CT molecular complexity index is 937. The fourth-order valence-electron chi connectivity index (χ4n) is 3.95. The standard InChI is InChI=1S/C19H22N4O4/c1-12-13(14-5-3-4-6-15(14)27-12)7-9-20-17(25)23-10-8-19(11-23)16(24)22(2)18(26)21-19/h3-6H,7-11H2,1-2H3,(H,20,25)(H,21,26). The van der Waals surface area contributed by atoms with Gasteiger partial charge in [0.15, 0.2) is 0 Å². The summed E-state index contributed by atoms with van der Waals surface area (Å²) in [5, 5.41) is 6.69. The minimum Gasteiger partial charge on any atom is -0.461 e. The number of likely N-dealkylation sites (tertiary alicyclic amines) is 1. The van der Waals surface area contributed by atoms with Gasteiger partial charge >= 0.3 is 12.1 Å². The van der Waals surface area contributed by atoms with Gasteiger partial charge in [-0.3, -0.25) is 9.69 Å². The average Bonchev–Trinajstić information content (AvgIpc) is 3.28. The zero-order chi connectivity index (χ0) is 19.2. The van der Waals surface area contributed by atoms with Gasteiger partial charge in [-0.2, -0.15) is 0 Å². The van der Waals surface area contributed by atoms with Crippen molar-refractivity contribution in [2.24, 2.45) is 0 Å². The zero-order valence-electron chi connectivity index (χ0n) is 15.4. The summed E-state index contributed by atoms with van der Waals surface area (Å²) in [5.41, 5.74) is 0.960. The number of furan rings is 1. The summed E-state index contributed by atoms with van der Waals surface area (Å²) in [6.07, 6.45) is 1.09. The lowest BCUT2D eigenvalue weighted by Gasteiger charge is -2.21. The summed E-state index contributed by atoms with van der Waals surface area (Å²) < 4.78 is 5.75. The van der Waals surface area contributed by atoms with Crippen LogP contribution in [0.15, 0.2) is 28.7 Å². The Morgan fingerprint density at radius 3 is 2.85 bits per heavy atom. The Morgan fingerprint density at radius 1 is 1.33 bits per heavy atom. The number of imide groups is 1. The van der Waals surface area contributed by atoms with E-state index in [2.05, 4.69) is 10.6 Å². The van der Waals surface area contributed by atoms with E-state index in [1.165, 1.54) is 7.05 Å². The highest BCUT2D eigenvalue weighted by atomic mass is 16.3. The Kier molecular flexibility index (Phi) is 4.05. The second kappa shape index (κ2) is 6.29. The topological polar surface area (TPSA) is 94.9 Å². The fraction of sp³-hybridized carbons (Fsp3) is 0.421. The minimum atomic E-state index is -0.972. The SMILES string of the molecule is Cc1oc2ccccc2c1CCNC(=O)N1CCC2(C1)NC(=O)N(C)C2=O. The van der Waals surface area contributed by atoms with Crippen LogP contribution < -0.4 is 10.6 Å². The maximum atomic E-state index is 12.5. The normalized spacial score (nSPS) is 22.1. The van der Waals surface area contributed by atoms with Crippen LogP contribution in [-0.4, -0.2) is 60.0 Å². The molecule has 3 heterocycles. The molecule has 5 amide bonds. The Hall–Kier alpha value is -3.03. The lowest BCUT2D eigenvalue weighted by atomic mass is 9.99. The molecule has 142 valence electrons. The van der Waals surface area contributed by atoms with Crippen molar-refractivity contribution in [1.29, 1.82) is 0 Å². The summed E-state index contributed by atoms with van der Waals surface area (Å²) in [6, 6.07) is 7.20. The predicted molar refractivity (Wildman–Crippen MR) is 98.3 cm³/mol. The number of benzene rings is 1. The highest BCUT2D eigenvalue weighted by Gasteiger charge is 2.54. The first kappa shape index (κ1) is 17.4. The largest absolute Gasteiger partial charge is 0.461 e. The number of rotatable bonds is 3. The van der Waals surface area contributed by atoms with Crippen LogP contribution in [0.3, 0.4) is 0 Å². The van der Waals surface area contributed by atoms with E-state index in [9.17, 15) is 14.4 Å². The number of nitrogens with zero attached hydrogens (tertiary/aromatic N) is 2. The van der Waals surface area contributed by atoms with Crippen LogP contribution in [0.1, 0.15) is 17.7 Å². The number of para-hydroxylation sites is 1. The van der Waals surface area contributed by atoms with E-state index in [1.54, 1.807) is 4.90 Å². The maximum Gasteiger partial charge on any atom is 0.324 e. The molecule has 0 bridgehead atoms. The lowest BCUT2D eigenvalue weighted by Crippen LogP contribution is -2.50. The minimum absolute atomic E-state index is 0.196. The summed E-state index contributed by atoms with van der Waals surface area (Å²) >= 11 is 0. The maximum absolute atomic E-state index is 12.5. The highest BCUT2D eigenvalue weighted by Crippen LogP contribution is 2.28. The number of carbonyl (C=O) groups excluding carboxylic acids is 3. The number of urea groups is 2. The van der Waals surface area contributed by atoms with Gasteiger partial charge in [0.2, 0.25) is 0 Å². The Balaban J connectivity index is 1.36. The highest BCUT2D eigenvalue weighted by molar-refractivity contribution is 6.07. The second-order valence-electron chi connectivity index (χ2n) is 7.16. The smallest absolute Gasteiger partial charge is 0.324 e. The first-order valence-corrected chi connectivity index (χ1v) is 9.01. The first-order valence-electron chi connectivity index (χ1n) is 9.01. The molecule has 2 aromatic rings. The van der Waals surface area contributed by atoms with Crippen LogP contribution in [0.2, 0.25) is 0 Å². The molecule has 2 aliphatic rings. The van der Waals surface area contributed by atoms with E-state index in [4.69, 9.17) is 4.42 Å². The van der Waals surface area contributed by atoms with E-state index >= 15 is 0 Å². The number of hydrogen-bond donors (Lipinski definition) is 2. The van der Waals surface area contributed by atoms with Gasteiger partial charge in [0, 0.05) is 31.1 Å². The molecule has 0 radical (unpaired) electrons. The molecule has 1 aromatic carbocycles. The van der Waals surface area contributed by atoms with Gasteiger partial charge in [-0.05, 0) is 25.8 Å². The van der Waals surface area contributed by atoms with Gasteiger partial charge in [-0.15, -0.1) is 0 Å². The molecule has 1 spiro atoms. The number of likely N-dealkylation sites (N-methyl/N-ethyl adjacent to an activating group) is 1. The quantitative estimate of drug-likeness (QED) is 0.803. The van der Waals surface area contributed by atoms with Gasteiger partial charge < -0.3 is 20.0 Å². The van der Waals surface area contributed by atoms with Crippen LogP contribution in [-0.2, 0) is 11.2 Å². The van der Waals surface area contributed by atoms with Crippen molar-refractivity contribution in [2.75, 3.05) is 26.7 Å². The van der Waals surface area contributed by atoms with Crippen molar-refractivity contribution in [2.45, 2.75) is 25.3 Å². The van der Waals surface area contributed by atoms with Crippen LogP contribution in [0.25, 0.3) is 11.0 Å². The van der Waals surface area contributed by atoms with Crippen molar-refractivity contribution in [3.05, 3.63) is 35.6 Å². The number of hydrogen-bond acceptors (Lipinski definition) is 4. The molecule has 0 aliphatic carbocycles. The van der Waals surface area contributed by atoms with Crippen LogP contribution >= 0.6 is 0 Å². The molecule has 8 nitrogen and oxygen atoms in total. The molecule has 0 saturated carbocycles. The second-order valence-corrected chi connectivity index (χ2v) is 7.16. The third-order valence-corrected chi connectivity index (χ3v) is 5.47. The molecule has 4 rings (SSSR count). The first-order chi connectivity index (χ1) is 12.9. The Morgan fingerprint density at radius 2 is 2.11 bits per heavy atom. The summed E-state index contributed by atoms with van der Waals surface area (Å²) in [6.45, 7) is 3.01. The van der Waals surface area contributed by atoms with Crippen LogP contribution in [0.4, 0.5) is 9.59 Å². The average molecular weight is 370 g/mol. The number of carbonyl (C=O) groups is 3. The molecular formula is C19H22N4O4. The van der Waals surface area contributed by atoms with E-state index < -0.39 is 11.6 Å². The van der Waals surface area contributed by atoms with Crippen molar-refractivity contribution in [3.8, 4) is 0 Å². The van der Waals surface area contributed by atoms with Gasteiger partial charge in [0.25, 0.3) is 5.91 Å². The van der Waals surface area contributed by atoms with Crippen molar-refractivity contribution >= 4 is 28.9 Å². The number of nitrogens with one attached hydrogen (secondary N) is 2. The third kappa shape index (κ3) is 2.81. The van der Waals surface area contributed by atoms with Crippen LogP contribution in [0.5, 0.6) is 0 Å². The number of aryl methyl sites for hydroxylation is 1. The van der Waals surface area contributed by atoms with Crippen LogP contribution in [0, 0.1) is 6.92 Å². The van der Waals surface area contributed by atoms with Gasteiger partial charge in [0.1, 0.15) is 16.9 Å². The molecular weight excluding hydrogens is 348 g/mol. The van der Waals surface area contributed by atoms with E-state index in [0.717, 1.165) is 27.2 Å². The number of fused-ring (bicyclic) bond motifs is 1. The summed E-state index contributed by atoms with van der Waals surface area (Å²) in [4.78, 5) is 39.2. The van der Waals surface area contributed by atoms with Gasteiger partial charge in [-0.25, -0.2) is 9.59 Å². The molecule has 2 fully saturated rings. The Labute approximate surface area is 156 Å². The van der Waals surface area contributed by atoms with E-state index in [-0.39, 0.29) is 18.5 Å². The molecule has 27 heavy (non-hydrogen) atoms. The lowest BCUT2D eigenvalue weighted by molar-refractivity contribution is -0.129. The summed E-state index contributed by atoms with van der Waals surface area (Å²) in [7, 11) is 1.45. The van der Waals surface area contributed by atoms with Crippen molar-refractivity contribution in [1.82, 2.24) is 20.4 Å². The molecule has 1 unspecified atom stereocenters. The van der Waals surface area contributed by atoms with E-state index in [0.29, 0.717) is 25.9 Å². The number of amides is 5. The third-order valence-electron chi connectivity index (χ3n) is 5.47. The van der Waals surface area contributed by atoms with Crippen molar-refractivity contribution in [3.63, 3.8) is 0 Å². The molecule has 1 atom stereocenters. The molecule has 8 heteroatoms. The molecule has 2 aliphatic heterocycles. The fourth-order valence-corrected chi connectivity index (χ4v) is 3.95. The molecule has 1 aromatic heterocycles.